The fraction of sp³-hybridized carbons (Fsp3) is 0.286. The van der Waals surface area contributed by atoms with E-state index in [0.717, 1.165) is 23.4 Å². The largest absolute Gasteiger partial charge is 0.418 e. The summed E-state index contributed by atoms with van der Waals surface area (Å²) < 4.78 is 41.2. The first-order valence-electron chi connectivity index (χ1n) is 9.42. The molecule has 5 nitrogen and oxygen atoms in total. The number of nitrogens with zero attached hydrogens (tertiary/aromatic N) is 3. The molecular weight excluding hydrogens is 445 g/mol. The summed E-state index contributed by atoms with van der Waals surface area (Å²) in [5.41, 5.74) is -0.226. The Morgan fingerprint density at radius 1 is 1.32 bits per heavy atom. The average Bonchev–Trinajstić information content (AvgIpc) is 3.33. The molecule has 1 N–H and O–H groups in total. The molecule has 0 saturated heterocycles. The second kappa shape index (κ2) is 9.69. The minimum Gasteiger partial charge on any atom is -0.325 e. The molecule has 0 aliphatic rings. The third kappa shape index (κ3) is 5.56. The molecule has 0 unspecified atom stereocenters. The van der Waals surface area contributed by atoms with E-state index in [1.807, 2.05) is 9.95 Å². The Hall–Kier alpha value is -2.59. The second-order valence-corrected chi connectivity index (χ2v) is 8.86. The SMILES string of the molecule is C=CCn1c(SCC(=O)Nc2ccccc2C(F)(F)F)nnc1-c1csc(C(C)C)c1. The van der Waals surface area contributed by atoms with Crippen LogP contribution in [-0.4, -0.2) is 26.4 Å². The van der Waals surface area contributed by atoms with Gasteiger partial charge in [0.25, 0.3) is 0 Å². The number of alkyl halides is 3. The van der Waals surface area contributed by atoms with Gasteiger partial charge in [-0.15, -0.1) is 28.1 Å². The van der Waals surface area contributed by atoms with Crippen molar-refractivity contribution in [2.45, 2.75) is 37.6 Å². The smallest absolute Gasteiger partial charge is 0.325 e. The molecule has 2 heterocycles. The summed E-state index contributed by atoms with van der Waals surface area (Å²) in [6.07, 6.45) is -2.85. The number of halogens is 3. The van der Waals surface area contributed by atoms with Crippen molar-refractivity contribution >= 4 is 34.7 Å². The van der Waals surface area contributed by atoms with E-state index >= 15 is 0 Å². The number of anilines is 1. The molecular formula is C21H21F3N4OS2. The molecule has 0 bridgehead atoms. The van der Waals surface area contributed by atoms with Gasteiger partial charge < -0.3 is 5.32 Å². The summed E-state index contributed by atoms with van der Waals surface area (Å²) in [4.78, 5) is 13.5. The highest BCUT2D eigenvalue weighted by atomic mass is 32.2. The van der Waals surface area contributed by atoms with Crippen LogP contribution < -0.4 is 5.32 Å². The van der Waals surface area contributed by atoms with Crippen molar-refractivity contribution in [3.63, 3.8) is 0 Å². The van der Waals surface area contributed by atoms with Gasteiger partial charge >= 0.3 is 6.18 Å². The Morgan fingerprint density at radius 2 is 2.06 bits per heavy atom. The molecule has 3 rings (SSSR count). The molecule has 0 spiro atoms. The monoisotopic (exact) mass is 466 g/mol. The molecule has 2 aromatic heterocycles. The van der Waals surface area contributed by atoms with Crippen molar-refractivity contribution in [2.24, 2.45) is 0 Å². The van der Waals surface area contributed by atoms with Crippen molar-refractivity contribution in [2.75, 3.05) is 11.1 Å². The second-order valence-electron chi connectivity index (χ2n) is 6.98. The highest BCUT2D eigenvalue weighted by Crippen LogP contribution is 2.35. The van der Waals surface area contributed by atoms with Gasteiger partial charge in [0.05, 0.1) is 17.0 Å². The zero-order valence-electron chi connectivity index (χ0n) is 16.9. The number of rotatable bonds is 8. The van der Waals surface area contributed by atoms with E-state index in [2.05, 4.69) is 42.0 Å². The first-order chi connectivity index (χ1) is 14.7. The maximum atomic E-state index is 13.1. The van der Waals surface area contributed by atoms with E-state index in [-0.39, 0.29) is 11.4 Å². The van der Waals surface area contributed by atoms with Crippen LogP contribution in [0.2, 0.25) is 0 Å². The maximum Gasteiger partial charge on any atom is 0.418 e. The quantitative estimate of drug-likeness (QED) is 0.324. The minimum absolute atomic E-state index is 0.109. The Kier molecular flexibility index (Phi) is 7.22. The number of carbonyl (C=O) groups excluding carboxylic acids is 1. The van der Waals surface area contributed by atoms with Gasteiger partial charge in [-0.2, -0.15) is 13.2 Å². The number of thiophene rings is 1. The zero-order valence-corrected chi connectivity index (χ0v) is 18.6. The molecule has 0 saturated carbocycles. The number of para-hydroxylation sites is 1. The van der Waals surface area contributed by atoms with Gasteiger partial charge in [0.1, 0.15) is 0 Å². The van der Waals surface area contributed by atoms with E-state index in [1.54, 1.807) is 17.4 Å². The predicted molar refractivity (Wildman–Crippen MR) is 118 cm³/mol. The molecule has 10 heteroatoms. The summed E-state index contributed by atoms with van der Waals surface area (Å²) in [6, 6.07) is 6.95. The van der Waals surface area contributed by atoms with E-state index in [4.69, 9.17) is 0 Å². The van der Waals surface area contributed by atoms with Gasteiger partial charge in [0.2, 0.25) is 5.91 Å². The number of aromatic nitrogens is 3. The van der Waals surface area contributed by atoms with Gasteiger partial charge in [-0.05, 0) is 24.1 Å². The first-order valence-corrected chi connectivity index (χ1v) is 11.3. The molecule has 0 aliphatic heterocycles. The lowest BCUT2D eigenvalue weighted by molar-refractivity contribution is -0.137. The van der Waals surface area contributed by atoms with Crippen LogP contribution in [0.4, 0.5) is 18.9 Å². The number of carbonyl (C=O) groups is 1. The minimum atomic E-state index is -4.55. The van der Waals surface area contributed by atoms with Crippen LogP contribution in [-0.2, 0) is 17.5 Å². The molecule has 1 aromatic carbocycles. The average molecular weight is 467 g/mol. The molecule has 0 fully saturated rings. The maximum absolute atomic E-state index is 13.1. The van der Waals surface area contributed by atoms with Crippen LogP contribution in [0.25, 0.3) is 11.4 Å². The van der Waals surface area contributed by atoms with Crippen LogP contribution in [0.1, 0.15) is 30.2 Å². The van der Waals surface area contributed by atoms with E-state index in [1.165, 1.54) is 23.1 Å². The zero-order chi connectivity index (χ0) is 22.6. The standard InChI is InChI=1S/C21H21F3N4OS2/c1-4-9-28-19(14-10-17(13(2)3)30-11-14)26-27-20(28)31-12-18(29)25-16-8-6-5-7-15(16)21(22,23)24/h4-8,10-11,13H,1,9,12H2,2-3H3,(H,25,29). The molecule has 0 radical (unpaired) electrons. The summed E-state index contributed by atoms with van der Waals surface area (Å²) in [7, 11) is 0. The van der Waals surface area contributed by atoms with Crippen LogP contribution in [0.5, 0.6) is 0 Å². The lowest BCUT2D eigenvalue weighted by Crippen LogP contribution is -2.18. The molecule has 3 aromatic rings. The highest BCUT2D eigenvalue weighted by Gasteiger charge is 2.33. The Bertz CT molecular complexity index is 1070. The van der Waals surface area contributed by atoms with E-state index in [9.17, 15) is 18.0 Å². The van der Waals surface area contributed by atoms with Crippen LogP contribution in [0, 0.1) is 0 Å². The van der Waals surface area contributed by atoms with Crippen LogP contribution in [0.3, 0.4) is 0 Å². The van der Waals surface area contributed by atoms with E-state index < -0.39 is 17.6 Å². The van der Waals surface area contributed by atoms with Crippen LogP contribution in [0.15, 0.2) is 53.5 Å². The van der Waals surface area contributed by atoms with Gasteiger partial charge in [0, 0.05) is 22.4 Å². The lowest BCUT2D eigenvalue weighted by Gasteiger charge is -2.13. The third-order valence-electron chi connectivity index (χ3n) is 4.31. The lowest BCUT2D eigenvalue weighted by atomic mass is 10.1. The number of hydrogen-bond donors (Lipinski definition) is 1. The molecule has 164 valence electrons. The topological polar surface area (TPSA) is 59.8 Å². The molecule has 1 amide bonds. The van der Waals surface area contributed by atoms with Crippen molar-refractivity contribution in [3.8, 4) is 11.4 Å². The number of hydrogen-bond acceptors (Lipinski definition) is 5. The van der Waals surface area contributed by atoms with Gasteiger partial charge in [-0.3, -0.25) is 9.36 Å². The summed E-state index contributed by atoms with van der Waals surface area (Å²) in [6.45, 7) is 8.42. The van der Waals surface area contributed by atoms with Gasteiger partial charge in [0.15, 0.2) is 11.0 Å². The van der Waals surface area contributed by atoms with E-state index in [0.29, 0.717) is 23.4 Å². The normalized spacial score (nSPS) is 11.7. The summed E-state index contributed by atoms with van der Waals surface area (Å²) in [5.74, 6) is 0.386. The highest BCUT2D eigenvalue weighted by molar-refractivity contribution is 7.99. The summed E-state index contributed by atoms with van der Waals surface area (Å²) in [5, 5.41) is 13.3. The van der Waals surface area contributed by atoms with Crippen molar-refractivity contribution in [1.82, 2.24) is 14.8 Å². The number of nitrogens with one attached hydrogen (secondary N) is 1. The van der Waals surface area contributed by atoms with Crippen molar-refractivity contribution in [1.29, 1.82) is 0 Å². The third-order valence-corrected chi connectivity index (χ3v) is 6.51. The van der Waals surface area contributed by atoms with Crippen LogP contribution >= 0.6 is 23.1 Å². The molecule has 31 heavy (non-hydrogen) atoms. The Labute approximate surface area is 186 Å². The predicted octanol–water partition coefficient (Wildman–Crippen LogP) is 6.07. The number of benzene rings is 1. The molecule has 0 atom stereocenters. The first kappa shape index (κ1) is 23.1. The fourth-order valence-corrected chi connectivity index (χ4v) is 4.48. The van der Waals surface area contributed by atoms with Gasteiger partial charge in [-0.25, -0.2) is 0 Å². The fourth-order valence-electron chi connectivity index (χ4n) is 2.83. The van der Waals surface area contributed by atoms with Crippen molar-refractivity contribution < 1.29 is 18.0 Å². The Balaban J connectivity index is 1.74. The number of amides is 1. The number of thioether (sulfide) groups is 1. The summed E-state index contributed by atoms with van der Waals surface area (Å²) >= 11 is 2.75. The number of allylic oxidation sites excluding steroid dienone is 1. The van der Waals surface area contributed by atoms with Gasteiger partial charge in [-0.1, -0.05) is 43.8 Å². The van der Waals surface area contributed by atoms with Crippen molar-refractivity contribution in [3.05, 3.63) is 58.8 Å². The molecule has 0 aliphatic carbocycles. The Morgan fingerprint density at radius 3 is 2.71 bits per heavy atom.